The van der Waals surface area contributed by atoms with Crippen LogP contribution < -0.4 is 10.6 Å². The molecule has 3 fully saturated rings. The number of H-pyrrole nitrogens is 1. The van der Waals surface area contributed by atoms with E-state index in [9.17, 15) is 4.79 Å². The molecule has 0 unspecified atom stereocenters. The van der Waals surface area contributed by atoms with Crippen LogP contribution in [0.1, 0.15) is 88.7 Å². The number of β-amino-alcohol motifs (C(OH)–C–C–N with tert-alkyl or cyclic N) is 1. The Morgan fingerprint density at radius 1 is 1.00 bits per heavy atom. The van der Waals surface area contributed by atoms with Crippen molar-refractivity contribution in [3.05, 3.63) is 24.0 Å². The number of ketones is 1. The molecular weight excluding hydrogens is 466 g/mol. The minimum Gasteiger partial charge on any atom is -0.395 e. The molecule has 9 heteroatoms. The Kier molecular flexibility index (Phi) is 9.05. The third-order valence-electron chi connectivity index (χ3n) is 8.64. The molecule has 5 rings (SSSR count). The maximum Gasteiger partial charge on any atom is 0.224 e. The van der Waals surface area contributed by atoms with Gasteiger partial charge in [-0.1, -0.05) is 12.8 Å². The molecule has 2 aromatic heterocycles. The fraction of sp³-hybridized carbons (Fsp3) is 0.714. The van der Waals surface area contributed by atoms with Crippen molar-refractivity contribution in [2.45, 2.75) is 89.0 Å². The standard InChI is InChI=1S/C28H43N7O2/c36-16-15-35-13-10-21(11-14-35)18-24(37)17-20-5-7-23(8-6-20)30-28-29-12-9-26(32-28)31-27-19-25(33-34-27)22-3-1-2-4-22/h9,12,19-23,36H,1-8,10-11,13-18H2,(H3,29,30,31,32,33,34). The van der Waals surface area contributed by atoms with Crippen molar-refractivity contribution in [2.75, 3.05) is 36.9 Å². The Morgan fingerprint density at radius 2 is 1.73 bits per heavy atom. The molecule has 3 heterocycles. The highest BCUT2D eigenvalue weighted by molar-refractivity contribution is 5.78. The van der Waals surface area contributed by atoms with Crippen LogP contribution in [0, 0.1) is 11.8 Å². The van der Waals surface area contributed by atoms with Crippen LogP contribution >= 0.6 is 0 Å². The maximum atomic E-state index is 12.7. The molecular formula is C28H43N7O2. The van der Waals surface area contributed by atoms with Gasteiger partial charge in [0.2, 0.25) is 5.95 Å². The zero-order valence-corrected chi connectivity index (χ0v) is 22.0. The molecule has 9 nitrogen and oxygen atoms in total. The molecule has 0 aromatic carbocycles. The highest BCUT2D eigenvalue weighted by Gasteiger charge is 2.26. The van der Waals surface area contributed by atoms with E-state index in [-0.39, 0.29) is 6.61 Å². The van der Waals surface area contributed by atoms with Gasteiger partial charge in [-0.2, -0.15) is 10.1 Å². The van der Waals surface area contributed by atoms with Crippen molar-refractivity contribution in [1.82, 2.24) is 25.1 Å². The first-order valence-corrected chi connectivity index (χ1v) is 14.4. The molecule has 202 valence electrons. The molecule has 4 N–H and O–H groups in total. The molecule has 2 saturated carbocycles. The lowest BCUT2D eigenvalue weighted by Gasteiger charge is -2.32. The minimum atomic E-state index is 0.224. The third kappa shape index (κ3) is 7.51. The summed E-state index contributed by atoms with van der Waals surface area (Å²) in [6.07, 6.45) is 14.7. The summed E-state index contributed by atoms with van der Waals surface area (Å²) in [5.74, 6) is 4.25. The van der Waals surface area contributed by atoms with Gasteiger partial charge in [0.05, 0.1) is 6.61 Å². The smallest absolute Gasteiger partial charge is 0.224 e. The largest absolute Gasteiger partial charge is 0.395 e. The molecule has 0 amide bonds. The van der Waals surface area contributed by atoms with Gasteiger partial charge in [0.1, 0.15) is 11.6 Å². The van der Waals surface area contributed by atoms with Crippen LogP contribution in [0.25, 0.3) is 0 Å². The number of aromatic amines is 1. The first kappa shape index (κ1) is 26.1. The lowest BCUT2D eigenvalue weighted by Crippen LogP contribution is -2.36. The second-order valence-corrected chi connectivity index (χ2v) is 11.4. The topological polar surface area (TPSA) is 119 Å². The van der Waals surface area contributed by atoms with E-state index < -0.39 is 0 Å². The molecule has 2 aliphatic carbocycles. The molecule has 37 heavy (non-hydrogen) atoms. The maximum absolute atomic E-state index is 12.7. The van der Waals surface area contributed by atoms with Crippen LogP contribution in [-0.4, -0.2) is 68.2 Å². The number of Topliss-reactive ketones (excluding diaryl/α,β-unsaturated/α-hetero) is 1. The molecule has 1 saturated heterocycles. The number of likely N-dealkylation sites (tertiary alicyclic amines) is 1. The van der Waals surface area contributed by atoms with E-state index in [4.69, 9.17) is 5.11 Å². The molecule has 0 radical (unpaired) electrons. The molecule has 0 spiro atoms. The fourth-order valence-corrected chi connectivity index (χ4v) is 6.45. The second kappa shape index (κ2) is 12.8. The average Bonchev–Trinajstić information content (AvgIpc) is 3.59. The Bertz CT molecular complexity index is 990. The van der Waals surface area contributed by atoms with Gasteiger partial charge in [0.15, 0.2) is 5.82 Å². The van der Waals surface area contributed by atoms with Gasteiger partial charge in [0, 0.05) is 49.3 Å². The quantitative estimate of drug-likeness (QED) is 0.346. The number of rotatable bonds is 11. The highest BCUT2D eigenvalue weighted by Crippen LogP contribution is 2.34. The number of aliphatic hydroxyl groups is 1. The summed E-state index contributed by atoms with van der Waals surface area (Å²) in [6.45, 7) is 3.01. The zero-order valence-electron chi connectivity index (χ0n) is 22.0. The molecule has 1 aliphatic heterocycles. The first-order valence-electron chi connectivity index (χ1n) is 14.4. The van der Waals surface area contributed by atoms with Gasteiger partial charge >= 0.3 is 0 Å². The van der Waals surface area contributed by atoms with E-state index in [1.807, 2.05) is 6.07 Å². The van der Waals surface area contributed by atoms with E-state index in [1.54, 1.807) is 6.20 Å². The van der Waals surface area contributed by atoms with Gasteiger partial charge in [-0.05, 0) is 82.4 Å². The van der Waals surface area contributed by atoms with Crippen molar-refractivity contribution < 1.29 is 9.90 Å². The summed E-state index contributed by atoms with van der Waals surface area (Å²) in [7, 11) is 0. The number of aliphatic hydroxyl groups excluding tert-OH is 1. The fourth-order valence-electron chi connectivity index (χ4n) is 6.45. The van der Waals surface area contributed by atoms with Crippen LogP contribution in [0.5, 0.6) is 0 Å². The molecule has 0 bridgehead atoms. The Labute approximate surface area is 220 Å². The molecule has 0 atom stereocenters. The van der Waals surface area contributed by atoms with E-state index in [0.717, 1.165) is 82.6 Å². The number of anilines is 3. The molecule has 2 aromatic rings. The highest BCUT2D eigenvalue weighted by atomic mass is 16.3. The Hall–Kier alpha value is -2.52. The Balaban J connectivity index is 1.03. The van der Waals surface area contributed by atoms with Crippen LogP contribution in [0.2, 0.25) is 0 Å². The normalized spacial score (nSPS) is 23.8. The summed E-state index contributed by atoms with van der Waals surface area (Å²) in [5.41, 5.74) is 1.21. The van der Waals surface area contributed by atoms with E-state index in [1.165, 1.54) is 31.4 Å². The lowest BCUT2D eigenvalue weighted by atomic mass is 9.81. The summed E-state index contributed by atoms with van der Waals surface area (Å²) in [5, 5.41) is 23.5. The summed E-state index contributed by atoms with van der Waals surface area (Å²) in [6, 6.07) is 4.32. The van der Waals surface area contributed by atoms with E-state index in [0.29, 0.717) is 35.5 Å². The number of carbonyl (C=O) groups excluding carboxylic acids is 1. The van der Waals surface area contributed by atoms with Crippen molar-refractivity contribution in [3.63, 3.8) is 0 Å². The van der Waals surface area contributed by atoms with Gasteiger partial charge in [-0.3, -0.25) is 9.89 Å². The van der Waals surface area contributed by atoms with Crippen LogP contribution in [0.4, 0.5) is 17.6 Å². The van der Waals surface area contributed by atoms with Crippen molar-refractivity contribution in [1.29, 1.82) is 0 Å². The average molecular weight is 510 g/mol. The predicted molar refractivity (Wildman–Crippen MR) is 145 cm³/mol. The van der Waals surface area contributed by atoms with Gasteiger partial charge < -0.3 is 20.6 Å². The number of nitrogens with one attached hydrogen (secondary N) is 3. The predicted octanol–water partition coefficient (Wildman–Crippen LogP) is 4.63. The lowest BCUT2D eigenvalue weighted by molar-refractivity contribution is -0.121. The van der Waals surface area contributed by atoms with Crippen molar-refractivity contribution in [2.24, 2.45) is 11.8 Å². The SMILES string of the molecule is O=C(CC1CCC(Nc2nccc(Nc3cc(C4CCCC4)[nH]n3)n2)CC1)CC1CCN(CCO)CC1. The van der Waals surface area contributed by atoms with Crippen molar-refractivity contribution >= 4 is 23.4 Å². The van der Waals surface area contributed by atoms with Crippen LogP contribution in [0.3, 0.4) is 0 Å². The molecule has 3 aliphatic rings. The van der Waals surface area contributed by atoms with Gasteiger partial charge in [0.25, 0.3) is 0 Å². The van der Waals surface area contributed by atoms with Crippen molar-refractivity contribution in [3.8, 4) is 0 Å². The monoisotopic (exact) mass is 509 g/mol. The van der Waals surface area contributed by atoms with Gasteiger partial charge in [-0.25, -0.2) is 4.98 Å². The number of nitrogens with zero attached hydrogens (tertiary/aromatic N) is 4. The summed E-state index contributed by atoms with van der Waals surface area (Å²) < 4.78 is 0. The van der Waals surface area contributed by atoms with Gasteiger partial charge in [-0.15, -0.1) is 0 Å². The summed E-state index contributed by atoms with van der Waals surface area (Å²) >= 11 is 0. The minimum absolute atomic E-state index is 0.224. The first-order chi connectivity index (χ1) is 18.1. The Morgan fingerprint density at radius 3 is 2.46 bits per heavy atom. The van der Waals surface area contributed by atoms with E-state index in [2.05, 4.69) is 41.8 Å². The summed E-state index contributed by atoms with van der Waals surface area (Å²) in [4.78, 5) is 24.1. The number of aromatic nitrogens is 4. The number of piperidine rings is 1. The third-order valence-corrected chi connectivity index (χ3v) is 8.64. The van der Waals surface area contributed by atoms with Crippen LogP contribution in [0.15, 0.2) is 18.3 Å². The zero-order chi connectivity index (χ0) is 25.5. The number of hydrogen-bond acceptors (Lipinski definition) is 8. The van der Waals surface area contributed by atoms with Crippen LogP contribution in [-0.2, 0) is 4.79 Å². The number of carbonyl (C=O) groups is 1. The number of hydrogen-bond donors (Lipinski definition) is 4. The second-order valence-electron chi connectivity index (χ2n) is 11.4. The van der Waals surface area contributed by atoms with E-state index >= 15 is 0 Å².